The van der Waals surface area contributed by atoms with Crippen molar-refractivity contribution in [3.8, 4) is 0 Å². The lowest BCUT2D eigenvalue weighted by Crippen LogP contribution is -2.43. The first-order valence-electron chi connectivity index (χ1n) is 7.62. The molecular weight excluding hydrogens is 234 g/mol. The van der Waals surface area contributed by atoms with Gasteiger partial charge in [-0.25, -0.2) is 0 Å². The molecule has 108 valence electrons. The van der Waals surface area contributed by atoms with Crippen LogP contribution in [-0.4, -0.2) is 21.9 Å². The van der Waals surface area contributed by atoms with Crippen LogP contribution < -0.4 is 5.32 Å². The largest absolute Gasteiger partial charge is 0.312 e. The summed E-state index contributed by atoms with van der Waals surface area (Å²) in [7, 11) is 2.05. The lowest BCUT2D eigenvalue weighted by Gasteiger charge is -2.33. The molecule has 0 amide bonds. The molecule has 0 bridgehead atoms. The lowest BCUT2D eigenvalue weighted by molar-refractivity contribution is 0.228. The number of hydrogen-bond donors (Lipinski definition) is 1. The van der Waals surface area contributed by atoms with Crippen LogP contribution in [0.2, 0.25) is 0 Å². The fourth-order valence-electron chi connectivity index (χ4n) is 3.13. The van der Waals surface area contributed by atoms with Crippen molar-refractivity contribution in [2.75, 3.05) is 6.54 Å². The molecule has 1 aromatic heterocycles. The Bertz CT molecular complexity index is 394. The molecule has 0 unspecified atom stereocenters. The quantitative estimate of drug-likeness (QED) is 0.883. The average molecular weight is 263 g/mol. The Hall–Kier alpha value is -0.830. The highest BCUT2D eigenvalue weighted by Crippen LogP contribution is 2.41. The summed E-state index contributed by atoms with van der Waals surface area (Å²) in [6, 6.07) is 2.15. The summed E-state index contributed by atoms with van der Waals surface area (Å²) in [5.74, 6) is 0. The van der Waals surface area contributed by atoms with E-state index in [0.29, 0.717) is 5.41 Å². The van der Waals surface area contributed by atoms with Crippen LogP contribution in [0, 0.1) is 5.41 Å². The van der Waals surface area contributed by atoms with Crippen molar-refractivity contribution in [3.63, 3.8) is 0 Å². The number of aromatic nitrogens is 2. The molecule has 0 aromatic carbocycles. The zero-order valence-corrected chi connectivity index (χ0v) is 13.0. The summed E-state index contributed by atoms with van der Waals surface area (Å²) in [6.07, 6.45) is 9.91. The molecular formula is C16H29N3. The highest BCUT2D eigenvalue weighted by molar-refractivity contribution is 5.02. The predicted octanol–water partition coefficient (Wildman–Crippen LogP) is 3.30. The Morgan fingerprint density at radius 3 is 2.53 bits per heavy atom. The second kappa shape index (κ2) is 5.66. The molecule has 1 aromatic rings. The van der Waals surface area contributed by atoms with E-state index >= 15 is 0 Å². The predicted molar refractivity (Wildman–Crippen MR) is 80.2 cm³/mol. The van der Waals surface area contributed by atoms with Gasteiger partial charge in [0.25, 0.3) is 0 Å². The third kappa shape index (κ3) is 4.07. The second-order valence-corrected chi connectivity index (χ2v) is 7.26. The maximum atomic E-state index is 4.27. The van der Waals surface area contributed by atoms with Crippen molar-refractivity contribution in [1.29, 1.82) is 0 Å². The van der Waals surface area contributed by atoms with Crippen LogP contribution >= 0.6 is 0 Å². The molecule has 3 nitrogen and oxygen atoms in total. The van der Waals surface area contributed by atoms with Crippen LogP contribution in [0.1, 0.15) is 58.6 Å². The van der Waals surface area contributed by atoms with E-state index in [1.807, 2.05) is 17.9 Å². The fraction of sp³-hybridized carbons (Fsp3) is 0.812. The number of aryl methyl sites for hydroxylation is 2. The zero-order chi connectivity index (χ0) is 13.9. The first-order chi connectivity index (χ1) is 8.90. The highest BCUT2D eigenvalue weighted by Gasteiger charge is 2.34. The monoisotopic (exact) mass is 263 g/mol. The van der Waals surface area contributed by atoms with Gasteiger partial charge >= 0.3 is 0 Å². The molecule has 3 heteroatoms. The summed E-state index contributed by atoms with van der Waals surface area (Å²) in [5, 5.41) is 8.00. The van der Waals surface area contributed by atoms with Gasteiger partial charge in [0.1, 0.15) is 0 Å². The minimum atomic E-state index is 0.224. The van der Waals surface area contributed by atoms with E-state index < -0.39 is 0 Å². The molecule has 0 spiro atoms. The van der Waals surface area contributed by atoms with Gasteiger partial charge in [0, 0.05) is 31.0 Å². The topological polar surface area (TPSA) is 29.9 Å². The van der Waals surface area contributed by atoms with Gasteiger partial charge in [-0.15, -0.1) is 0 Å². The SMILES string of the molecule is Cn1nccc1CCC1(CNC(C)(C)C)CCCC1. The maximum absolute atomic E-state index is 4.27. The minimum absolute atomic E-state index is 0.224. The van der Waals surface area contributed by atoms with E-state index in [-0.39, 0.29) is 5.54 Å². The van der Waals surface area contributed by atoms with Gasteiger partial charge < -0.3 is 5.32 Å². The van der Waals surface area contributed by atoms with E-state index in [4.69, 9.17) is 0 Å². The molecule has 1 aliphatic carbocycles. The number of nitrogens with zero attached hydrogens (tertiary/aromatic N) is 2. The first-order valence-corrected chi connectivity index (χ1v) is 7.62. The van der Waals surface area contributed by atoms with Gasteiger partial charge in [0.15, 0.2) is 0 Å². The Morgan fingerprint density at radius 1 is 1.32 bits per heavy atom. The number of hydrogen-bond acceptors (Lipinski definition) is 2. The van der Waals surface area contributed by atoms with Gasteiger partial charge in [-0.3, -0.25) is 4.68 Å². The highest BCUT2D eigenvalue weighted by atomic mass is 15.2. The molecule has 19 heavy (non-hydrogen) atoms. The van der Waals surface area contributed by atoms with Gasteiger partial charge in [0.05, 0.1) is 0 Å². The summed E-state index contributed by atoms with van der Waals surface area (Å²) in [5.41, 5.74) is 2.10. The normalized spacial score (nSPS) is 18.9. The average Bonchev–Trinajstić information content (AvgIpc) is 2.93. The van der Waals surface area contributed by atoms with Crippen molar-refractivity contribution in [3.05, 3.63) is 18.0 Å². The fourth-order valence-corrected chi connectivity index (χ4v) is 3.13. The van der Waals surface area contributed by atoms with Crippen LogP contribution in [0.4, 0.5) is 0 Å². The molecule has 1 fully saturated rings. The van der Waals surface area contributed by atoms with Crippen LogP contribution in [0.3, 0.4) is 0 Å². The Balaban J connectivity index is 1.94. The molecule has 2 rings (SSSR count). The van der Waals surface area contributed by atoms with Crippen molar-refractivity contribution >= 4 is 0 Å². The van der Waals surface area contributed by atoms with E-state index in [1.54, 1.807) is 0 Å². The molecule has 1 aliphatic rings. The first kappa shape index (κ1) is 14.6. The summed E-state index contributed by atoms with van der Waals surface area (Å²) < 4.78 is 2.01. The Kier molecular flexibility index (Phi) is 4.34. The molecule has 1 heterocycles. The van der Waals surface area contributed by atoms with Crippen molar-refractivity contribution in [1.82, 2.24) is 15.1 Å². The van der Waals surface area contributed by atoms with E-state index in [1.165, 1.54) is 37.8 Å². The molecule has 1 N–H and O–H groups in total. The van der Waals surface area contributed by atoms with Gasteiger partial charge in [-0.2, -0.15) is 5.10 Å². The molecule has 0 saturated heterocycles. The standard InChI is InChI=1S/C16H29N3/c1-15(2,3)17-13-16(9-5-6-10-16)11-7-14-8-12-18-19(14)4/h8,12,17H,5-7,9-11,13H2,1-4H3. The summed E-state index contributed by atoms with van der Waals surface area (Å²) >= 11 is 0. The molecule has 1 saturated carbocycles. The molecule has 0 aliphatic heterocycles. The lowest BCUT2D eigenvalue weighted by atomic mass is 9.80. The van der Waals surface area contributed by atoms with E-state index in [0.717, 1.165) is 13.0 Å². The zero-order valence-electron chi connectivity index (χ0n) is 13.0. The summed E-state index contributed by atoms with van der Waals surface area (Å²) in [4.78, 5) is 0. The maximum Gasteiger partial charge on any atom is 0.0492 e. The minimum Gasteiger partial charge on any atom is -0.312 e. The Morgan fingerprint density at radius 2 is 2.00 bits per heavy atom. The van der Waals surface area contributed by atoms with Gasteiger partial charge in [-0.1, -0.05) is 12.8 Å². The third-order valence-electron chi connectivity index (χ3n) is 4.49. The van der Waals surface area contributed by atoms with Crippen molar-refractivity contribution in [2.24, 2.45) is 12.5 Å². The van der Waals surface area contributed by atoms with E-state index in [2.05, 4.69) is 37.3 Å². The van der Waals surface area contributed by atoms with Crippen LogP contribution in [0.15, 0.2) is 12.3 Å². The van der Waals surface area contributed by atoms with Gasteiger partial charge in [0.2, 0.25) is 0 Å². The Labute approximate surface area is 117 Å². The smallest absolute Gasteiger partial charge is 0.0492 e. The summed E-state index contributed by atoms with van der Waals surface area (Å²) in [6.45, 7) is 7.94. The van der Waals surface area contributed by atoms with Crippen molar-refractivity contribution < 1.29 is 0 Å². The van der Waals surface area contributed by atoms with Crippen LogP contribution in [0.25, 0.3) is 0 Å². The van der Waals surface area contributed by atoms with Crippen LogP contribution in [0.5, 0.6) is 0 Å². The van der Waals surface area contributed by atoms with Gasteiger partial charge in [-0.05, 0) is 57.9 Å². The van der Waals surface area contributed by atoms with E-state index in [9.17, 15) is 0 Å². The number of nitrogens with one attached hydrogen (secondary N) is 1. The third-order valence-corrected chi connectivity index (χ3v) is 4.49. The van der Waals surface area contributed by atoms with Crippen molar-refractivity contribution in [2.45, 2.75) is 64.8 Å². The molecule has 0 radical (unpaired) electrons. The molecule has 0 atom stereocenters. The number of rotatable bonds is 5. The second-order valence-electron chi connectivity index (χ2n) is 7.26. The van der Waals surface area contributed by atoms with Crippen LogP contribution in [-0.2, 0) is 13.5 Å².